The fourth-order valence-electron chi connectivity index (χ4n) is 4.11. The highest BCUT2D eigenvalue weighted by Gasteiger charge is 2.16. The van der Waals surface area contributed by atoms with Crippen molar-refractivity contribution in [3.8, 4) is 0 Å². The highest BCUT2D eigenvalue weighted by Crippen LogP contribution is 2.28. The second-order valence-corrected chi connectivity index (χ2v) is 9.27. The van der Waals surface area contributed by atoms with Crippen LogP contribution in [0.4, 0.5) is 0 Å². The molecule has 3 unspecified atom stereocenters. The smallest absolute Gasteiger partial charge is 0.306 e. The highest BCUT2D eigenvalue weighted by molar-refractivity contribution is 5.69. The molecule has 0 heterocycles. The molecule has 0 saturated heterocycles. The van der Waals surface area contributed by atoms with Gasteiger partial charge in [-0.2, -0.15) is 0 Å². The number of carboxylic acids is 1. The molecule has 0 bridgehead atoms. The van der Waals surface area contributed by atoms with E-state index in [9.17, 15) is 4.79 Å². The lowest BCUT2D eigenvalue weighted by atomic mass is 9.81. The van der Waals surface area contributed by atoms with Crippen molar-refractivity contribution >= 4 is 5.97 Å². The molecular weight excluding hydrogens is 404 g/mol. The number of carboxylic acid groups (broad SMARTS) is 1. The molecule has 0 aliphatic heterocycles. The molecule has 3 atom stereocenters. The number of rotatable bonds is 18. The summed E-state index contributed by atoms with van der Waals surface area (Å²) in [6.45, 7) is 17.8. The average Bonchev–Trinajstić information content (AvgIpc) is 2.77. The third kappa shape index (κ3) is 31.5. The predicted molar refractivity (Wildman–Crippen MR) is 155 cm³/mol. The van der Waals surface area contributed by atoms with Crippen molar-refractivity contribution in [1.29, 1.82) is 0 Å². The lowest BCUT2D eigenvalue weighted by Gasteiger charge is -2.25. The maximum absolute atomic E-state index is 10.4. The Bertz CT molecular complexity index is 309. The molecule has 2 nitrogen and oxygen atoms in total. The van der Waals surface area contributed by atoms with E-state index in [1.165, 1.54) is 83.5 Å². The molecule has 0 saturated carbocycles. The molecule has 0 rings (SSSR count). The highest BCUT2D eigenvalue weighted by atomic mass is 16.4. The largest absolute Gasteiger partial charge is 0.481 e. The molecule has 0 aromatic heterocycles. The average molecular weight is 475 g/mol. The van der Waals surface area contributed by atoms with E-state index in [1.54, 1.807) is 0 Å². The van der Waals surface area contributed by atoms with E-state index in [2.05, 4.69) is 48.5 Å². The first kappa shape index (κ1) is 42.6. The summed E-state index contributed by atoms with van der Waals surface area (Å²) >= 11 is 0. The van der Waals surface area contributed by atoms with Crippen LogP contribution in [0, 0.1) is 17.8 Å². The zero-order valence-electron chi connectivity index (χ0n) is 23.1. The maximum Gasteiger partial charge on any atom is 0.306 e. The summed E-state index contributed by atoms with van der Waals surface area (Å²) in [5.41, 5.74) is 0. The van der Waals surface area contributed by atoms with Gasteiger partial charge in [0, 0.05) is 0 Å². The summed E-state index contributed by atoms with van der Waals surface area (Å²) in [6.07, 6.45) is 22.0. The van der Waals surface area contributed by atoms with Crippen LogP contribution in [0.25, 0.3) is 0 Å². The van der Waals surface area contributed by atoms with Crippen molar-refractivity contribution in [2.75, 3.05) is 0 Å². The SMILES string of the molecule is C.C.CCCCC(CC)C(=O)O.CCCCC(CC)C(CC)CCCC.CCCCCCC. The van der Waals surface area contributed by atoms with E-state index in [0.717, 1.165) is 37.5 Å². The van der Waals surface area contributed by atoms with Gasteiger partial charge < -0.3 is 5.11 Å². The number of carbonyl (C=O) groups is 1. The fourth-order valence-corrected chi connectivity index (χ4v) is 4.11. The van der Waals surface area contributed by atoms with Gasteiger partial charge in [-0.05, 0) is 24.7 Å². The van der Waals surface area contributed by atoms with Crippen LogP contribution >= 0.6 is 0 Å². The third-order valence-corrected chi connectivity index (χ3v) is 6.53. The van der Waals surface area contributed by atoms with Gasteiger partial charge in [0.25, 0.3) is 0 Å². The number of unbranched alkanes of at least 4 members (excludes halogenated alkanes) is 7. The first-order valence-electron chi connectivity index (χ1n) is 14.2. The van der Waals surface area contributed by atoms with Crippen LogP contribution in [-0.2, 0) is 4.79 Å². The summed E-state index contributed by atoms with van der Waals surface area (Å²) in [5.74, 6) is 1.26. The molecular formula is C31H70O2. The normalized spacial score (nSPS) is 12.5. The Hall–Kier alpha value is -0.530. The summed E-state index contributed by atoms with van der Waals surface area (Å²) in [7, 11) is 0. The van der Waals surface area contributed by atoms with Gasteiger partial charge in [-0.15, -0.1) is 0 Å². The molecule has 0 radical (unpaired) electrons. The Morgan fingerprint density at radius 3 is 1.09 bits per heavy atom. The van der Waals surface area contributed by atoms with Crippen LogP contribution in [-0.4, -0.2) is 11.1 Å². The first-order valence-corrected chi connectivity index (χ1v) is 14.2. The molecule has 206 valence electrons. The number of hydrogen-bond donors (Lipinski definition) is 1. The summed E-state index contributed by atoms with van der Waals surface area (Å²) in [6, 6.07) is 0. The first-order chi connectivity index (χ1) is 14.9. The van der Waals surface area contributed by atoms with Gasteiger partial charge in [-0.3, -0.25) is 4.79 Å². The zero-order valence-corrected chi connectivity index (χ0v) is 23.1. The summed E-state index contributed by atoms with van der Waals surface area (Å²) in [4.78, 5) is 10.4. The molecule has 0 aromatic rings. The van der Waals surface area contributed by atoms with Crippen molar-refractivity contribution in [3.05, 3.63) is 0 Å². The Morgan fingerprint density at radius 2 is 0.848 bits per heavy atom. The Morgan fingerprint density at radius 1 is 0.515 bits per heavy atom. The van der Waals surface area contributed by atoms with Crippen molar-refractivity contribution in [2.24, 2.45) is 17.8 Å². The number of aliphatic carboxylic acids is 1. The quantitative estimate of drug-likeness (QED) is 0.200. The van der Waals surface area contributed by atoms with Crippen LogP contribution in [0.1, 0.15) is 179 Å². The standard InChI is InChI=1S/C14H30.C8H16O2.C7H16.2CH4/c1-5-9-11-13(7-3)14(8-4)12-10-6-2;1-3-5-6-7(4-2)8(9)10;1-3-5-7-6-4-2;;/h13-14H,5-12H2,1-4H3;7H,3-6H2,1-2H3,(H,9,10);3-7H2,1-2H3;2*1H4. The minimum absolute atomic E-state index is 0. The molecule has 1 N–H and O–H groups in total. The molecule has 0 aromatic carbocycles. The van der Waals surface area contributed by atoms with Crippen molar-refractivity contribution in [3.63, 3.8) is 0 Å². The van der Waals surface area contributed by atoms with Crippen molar-refractivity contribution in [1.82, 2.24) is 0 Å². The number of hydrogen-bond acceptors (Lipinski definition) is 1. The molecule has 0 fully saturated rings. The van der Waals surface area contributed by atoms with Gasteiger partial charge >= 0.3 is 5.97 Å². The van der Waals surface area contributed by atoms with Crippen molar-refractivity contribution in [2.45, 2.75) is 179 Å². The van der Waals surface area contributed by atoms with Crippen LogP contribution < -0.4 is 0 Å². The monoisotopic (exact) mass is 475 g/mol. The Kier molecular flexibility index (Phi) is 46.5. The fraction of sp³-hybridized carbons (Fsp3) is 0.968. The second kappa shape index (κ2) is 36.0. The van der Waals surface area contributed by atoms with Crippen LogP contribution in [0.2, 0.25) is 0 Å². The third-order valence-electron chi connectivity index (χ3n) is 6.53. The van der Waals surface area contributed by atoms with E-state index in [-0.39, 0.29) is 20.8 Å². The van der Waals surface area contributed by atoms with Gasteiger partial charge in [-0.1, -0.05) is 167 Å². The minimum atomic E-state index is -0.643. The lowest BCUT2D eigenvalue weighted by molar-refractivity contribution is -0.142. The molecule has 2 heteroatoms. The van der Waals surface area contributed by atoms with E-state index < -0.39 is 5.97 Å². The van der Waals surface area contributed by atoms with E-state index >= 15 is 0 Å². The van der Waals surface area contributed by atoms with E-state index in [0.29, 0.717) is 0 Å². The molecule has 0 aliphatic carbocycles. The summed E-state index contributed by atoms with van der Waals surface area (Å²) in [5, 5.41) is 8.60. The Balaban J connectivity index is -0.000000122. The molecule has 0 aliphatic rings. The van der Waals surface area contributed by atoms with Crippen LogP contribution in [0.15, 0.2) is 0 Å². The minimum Gasteiger partial charge on any atom is -0.481 e. The van der Waals surface area contributed by atoms with E-state index in [1.807, 2.05) is 6.92 Å². The summed E-state index contributed by atoms with van der Waals surface area (Å²) < 4.78 is 0. The van der Waals surface area contributed by atoms with Crippen molar-refractivity contribution < 1.29 is 9.90 Å². The van der Waals surface area contributed by atoms with Gasteiger partial charge in [0.1, 0.15) is 0 Å². The second-order valence-electron chi connectivity index (χ2n) is 9.27. The van der Waals surface area contributed by atoms with Gasteiger partial charge in [-0.25, -0.2) is 0 Å². The van der Waals surface area contributed by atoms with Gasteiger partial charge in [0.2, 0.25) is 0 Å². The van der Waals surface area contributed by atoms with E-state index in [4.69, 9.17) is 5.11 Å². The maximum atomic E-state index is 10.4. The van der Waals surface area contributed by atoms with Crippen LogP contribution in [0.5, 0.6) is 0 Å². The lowest BCUT2D eigenvalue weighted by Crippen LogP contribution is -2.13. The molecule has 33 heavy (non-hydrogen) atoms. The predicted octanol–water partition coefficient (Wildman–Crippen LogP) is 12.0. The zero-order chi connectivity index (χ0) is 24.3. The van der Waals surface area contributed by atoms with Gasteiger partial charge in [0.15, 0.2) is 0 Å². The Labute approximate surface area is 213 Å². The molecule has 0 spiro atoms. The molecule has 0 amide bonds. The van der Waals surface area contributed by atoms with Crippen LogP contribution in [0.3, 0.4) is 0 Å². The topological polar surface area (TPSA) is 37.3 Å². The van der Waals surface area contributed by atoms with Gasteiger partial charge in [0.05, 0.1) is 5.92 Å².